The number of anilines is 1. The average molecular weight is 342 g/mol. The Morgan fingerprint density at radius 2 is 2.12 bits per heavy atom. The molecule has 1 aromatic heterocycles. The molecule has 0 aliphatic carbocycles. The highest BCUT2D eigenvalue weighted by Crippen LogP contribution is 2.30. The number of hydrogen-bond acceptors (Lipinski definition) is 3. The van der Waals surface area contributed by atoms with Crippen LogP contribution in [0.15, 0.2) is 36.5 Å². The van der Waals surface area contributed by atoms with E-state index in [1.165, 1.54) is 41.0 Å². The van der Waals surface area contributed by atoms with Gasteiger partial charge in [0.15, 0.2) is 5.82 Å². The Hall–Kier alpha value is -2.55. The standard InChI is InChI=1S/C15H17F3N4O2/c1-10(9-23)21(2)14(24)19-13-6-7-22(20-13)12-5-3-4-11(8-12)15(16,17)18/h3-8,10,23H,9H2,1-2H3,(H,19,20,24). The van der Waals surface area contributed by atoms with Crippen molar-refractivity contribution in [2.75, 3.05) is 19.0 Å². The largest absolute Gasteiger partial charge is 0.416 e. The number of nitrogens with zero attached hydrogens (tertiary/aromatic N) is 3. The van der Waals surface area contributed by atoms with E-state index in [1.54, 1.807) is 6.92 Å². The zero-order valence-corrected chi connectivity index (χ0v) is 13.1. The molecule has 6 nitrogen and oxygen atoms in total. The molecule has 0 spiro atoms. The normalized spacial score (nSPS) is 12.8. The summed E-state index contributed by atoms with van der Waals surface area (Å²) in [5.41, 5.74) is -0.556. The van der Waals surface area contributed by atoms with E-state index in [1.807, 2.05) is 0 Å². The summed E-state index contributed by atoms with van der Waals surface area (Å²) in [5.74, 6) is 0.189. The minimum Gasteiger partial charge on any atom is -0.394 e. The molecule has 1 heterocycles. The zero-order chi connectivity index (χ0) is 17.9. The summed E-state index contributed by atoms with van der Waals surface area (Å²) in [5, 5.41) is 15.6. The van der Waals surface area contributed by atoms with Crippen LogP contribution in [0, 0.1) is 0 Å². The van der Waals surface area contributed by atoms with Gasteiger partial charge in [-0.15, -0.1) is 5.10 Å². The van der Waals surface area contributed by atoms with Crippen LogP contribution in [0.25, 0.3) is 5.69 Å². The fourth-order valence-corrected chi connectivity index (χ4v) is 1.88. The number of aliphatic hydroxyl groups is 1. The SMILES string of the molecule is CC(CO)N(C)C(=O)Nc1ccn(-c2cccc(C(F)(F)F)c2)n1. The molecule has 0 saturated carbocycles. The van der Waals surface area contributed by atoms with Crippen LogP contribution in [0.5, 0.6) is 0 Å². The number of benzene rings is 1. The maximum Gasteiger partial charge on any atom is 0.416 e. The maximum absolute atomic E-state index is 12.7. The average Bonchev–Trinajstić information content (AvgIpc) is 3.01. The van der Waals surface area contributed by atoms with Gasteiger partial charge in [-0.05, 0) is 25.1 Å². The summed E-state index contributed by atoms with van der Waals surface area (Å²) in [7, 11) is 1.51. The molecule has 0 radical (unpaired) electrons. The smallest absolute Gasteiger partial charge is 0.394 e. The van der Waals surface area contributed by atoms with E-state index in [4.69, 9.17) is 5.11 Å². The minimum atomic E-state index is -4.44. The fourth-order valence-electron chi connectivity index (χ4n) is 1.88. The molecular weight excluding hydrogens is 325 g/mol. The number of alkyl halides is 3. The molecule has 2 aromatic rings. The van der Waals surface area contributed by atoms with Gasteiger partial charge in [0, 0.05) is 19.3 Å². The minimum absolute atomic E-state index is 0.189. The second kappa shape index (κ2) is 6.91. The molecule has 0 saturated heterocycles. The van der Waals surface area contributed by atoms with Gasteiger partial charge >= 0.3 is 12.2 Å². The van der Waals surface area contributed by atoms with Crippen LogP contribution in [0.4, 0.5) is 23.8 Å². The van der Waals surface area contributed by atoms with Crippen LogP contribution in [0.1, 0.15) is 12.5 Å². The number of likely N-dealkylation sites (N-methyl/N-ethyl adjacent to an activating group) is 1. The fraction of sp³-hybridized carbons (Fsp3) is 0.333. The van der Waals surface area contributed by atoms with Gasteiger partial charge in [-0.3, -0.25) is 5.32 Å². The predicted octanol–water partition coefficient (Wildman–Crippen LogP) is 2.74. The number of hydrogen-bond donors (Lipinski definition) is 2. The Bertz CT molecular complexity index is 715. The molecule has 2 amide bonds. The quantitative estimate of drug-likeness (QED) is 0.898. The number of amides is 2. The van der Waals surface area contributed by atoms with Crippen molar-refractivity contribution in [2.45, 2.75) is 19.1 Å². The predicted molar refractivity (Wildman–Crippen MR) is 81.9 cm³/mol. The third-order valence-corrected chi connectivity index (χ3v) is 3.51. The van der Waals surface area contributed by atoms with Crippen LogP contribution in [0.3, 0.4) is 0 Å². The monoisotopic (exact) mass is 342 g/mol. The van der Waals surface area contributed by atoms with Crippen molar-refractivity contribution in [1.82, 2.24) is 14.7 Å². The number of carbonyl (C=O) groups excluding carboxylic acids is 1. The third-order valence-electron chi connectivity index (χ3n) is 3.51. The van der Waals surface area contributed by atoms with Gasteiger partial charge in [0.25, 0.3) is 0 Å². The zero-order valence-electron chi connectivity index (χ0n) is 13.1. The van der Waals surface area contributed by atoms with Gasteiger partial charge in [0.2, 0.25) is 0 Å². The van der Waals surface area contributed by atoms with Crippen molar-refractivity contribution in [2.24, 2.45) is 0 Å². The Kier molecular flexibility index (Phi) is 5.13. The van der Waals surface area contributed by atoms with Crippen LogP contribution in [-0.2, 0) is 6.18 Å². The van der Waals surface area contributed by atoms with E-state index < -0.39 is 17.8 Å². The van der Waals surface area contributed by atoms with E-state index in [-0.39, 0.29) is 24.2 Å². The van der Waals surface area contributed by atoms with Crippen molar-refractivity contribution in [3.8, 4) is 5.69 Å². The van der Waals surface area contributed by atoms with Crippen LogP contribution in [-0.4, -0.2) is 45.5 Å². The van der Waals surface area contributed by atoms with Crippen LogP contribution >= 0.6 is 0 Å². The highest BCUT2D eigenvalue weighted by molar-refractivity contribution is 5.88. The molecule has 1 atom stereocenters. The van der Waals surface area contributed by atoms with Gasteiger partial charge in [-0.2, -0.15) is 13.2 Å². The number of aliphatic hydroxyl groups excluding tert-OH is 1. The number of carbonyl (C=O) groups is 1. The summed E-state index contributed by atoms with van der Waals surface area (Å²) < 4.78 is 39.5. The number of urea groups is 1. The molecule has 0 bridgehead atoms. The lowest BCUT2D eigenvalue weighted by Gasteiger charge is -2.22. The summed E-state index contributed by atoms with van der Waals surface area (Å²) in [6.07, 6.45) is -3.00. The molecule has 1 aromatic carbocycles. The maximum atomic E-state index is 12.7. The third kappa shape index (κ3) is 4.05. The first kappa shape index (κ1) is 17.8. The molecule has 2 rings (SSSR count). The highest BCUT2D eigenvalue weighted by Gasteiger charge is 2.30. The summed E-state index contributed by atoms with van der Waals surface area (Å²) in [6.45, 7) is 1.48. The molecule has 0 aliphatic rings. The van der Waals surface area contributed by atoms with Gasteiger partial charge in [-0.1, -0.05) is 6.07 Å². The Morgan fingerprint density at radius 3 is 2.75 bits per heavy atom. The molecule has 9 heteroatoms. The molecule has 2 N–H and O–H groups in total. The van der Waals surface area contributed by atoms with E-state index >= 15 is 0 Å². The Labute approximate surface area is 136 Å². The van der Waals surface area contributed by atoms with Gasteiger partial charge < -0.3 is 10.0 Å². The molecular formula is C15H17F3N4O2. The number of rotatable bonds is 4. The number of halogens is 3. The summed E-state index contributed by atoms with van der Waals surface area (Å²) >= 11 is 0. The van der Waals surface area contributed by atoms with Crippen LogP contribution < -0.4 is 5.32 Å². The van der Waals surface area contributed by atoms with Gasteiger partial charge in [0.1, 0.15) is 0 Å². The van der Waals surface area contributed by atoms with E-state index in [0.29, 0.717) is 0 Å². The number of aromatic nitrogens is 2. The van der Waals surface area contributed by atoms with Gasteiger partial charge in [0.05, 0.1) is 23.9 Å². The van der Waals surface area contributed by atoms with E-state index in [2.05, 4.69) is 10.4 Å². The molecule has 0 fully saturated rings. The summed E-state index contributed by atoms with van der Waals surface area (Å²) in [4.78, 5) is 13.2. The second-order valence-electron chi connectivity index (χ2n) is 5.27. The van der Waals surface area contributed by atoms with Gasteiger partial charge in [-0.25, -0.2) is 9.48 Å². The summed E-state index contributed by atoms with van der Waals surface area (Å²) in [6, 6.07) is 5.32. The number of nitrogens with one attached hydrogen (secondary N) is 1. The van der Waals surface area contributed by atoms with E-state index in [0.717, 1.165) is 12.1 Å². The van der Waals surface area contributed by atoms with Crippen LogP contribution in [0.2, 0.25) is 0 Å². The highest BCUT2D eigenvalue weighted by atomic mass is 19.4. The molecule has 130 valence electrons. The first-order valence-corrected chi connectivity index (χ1v) is 7.10. The van der Waals surface area contributed by atoms with E-state index in [9.17, 15) is 18.0 Å². The van der Waals surface area contributed by atoms with Crippen molar-refractivity contribution >= 4 is 11.8 Å². The second-order valence-corrected chi connectivity index (χ2v) is 5.27. The lowest BCUT2D eigenvalue weighted by atomic mass is 10.2. The first-order chi connectivity index (χ1) is 11.2. The Morgan fingerprint density at radius 1 is 1.42 bits per heavy atom. The molecule has 24 heavy (non-hydrogen) atoms. The lowest BCUT2D eigenvalue weighted by molar-refractivity contribution is -0.137. The first-order valence-electron chi connectivity index (χ1n) is 7.10. The Balaban J connectivity index is 2.15. The van der Waals surface area contributed by atoms with Crippen molar-refractivity contribution < 1.29 is 23.1 Å². The van der Waals surface area contributed by atoms with Crippen molar-refractivity contribution in [3.05, 3.63) is 42.1 Å². The van der Waals surface area contributed by atoms with Crippen molar-refractivity contribution in [3.63, 3.8) is 0 Å². The topological polar surface area (TPSA) is 70.4 Å². The van der Waals surface area contributed by atoms with Crippen molar-refractivity contribution in [1.29, 1.82) is 0 Å². The molecule has 0 aliphatic heterocycles. The molecule has 1 unspecified atom stereocenters. The lowest BCUT2D eigenvalue weighted by Crippen LogP contribution is -2.40.